The van der Waals surface area contributed by atoms with Gasteiger partial charge in [-0.1, -0.05) is 58.3 Å². The number of aliphatic hydroxyl groups is 2. The molecule has 3 fully saturated rings. The second-order valence-corrected chi connectivity index (χ2v) is 15.3. The number of hydrogen-bond donors (Lipinski definition) is 2. The minimum atomic E-state index is -0.388. The largest absolute Gasteiger partial charge is 0.396 e. The zero-order valence-corrected chi connectivity index (χ0v) is 23.6. The molecule has 1 aromatic heterocycles. The average Bonchev–Trinajstić information content (AvgIpc) is 3.28. The minimum Gasteiger partial charge on any atom is -0.396 e. The molecule has 0 aliphatic heterocycles. The SMILES string of the molecule is C[C@@H]1c2oncc2C[C@]2(C)C3=CC(O)[C@@H]4[C@@H]5CC(C)(C)CC[C@]5(CCCO)CC[C@@]4(C)[C@]3(C)CC[C@@H]12. The Hall–Kier alpha value is -1.13. The van der Waals surface area contributed by atoms with E-state index in [9.17, 15) is 10.2 Å². The second kappa shape index (κ2) is 7.94. The van der Waals surface area contributed by atoms with Crippen molar-refractivity contribution in [3.63, 3.8) is 0 Å². The highest BCUT2D eigenvalue weighted by Gasteiger charge is 2.68. The summed E-state index contributed by atoms with van der Waals surface area (Å²) in [5.74, 6) is 2.82. The van der Waals surface area contributed by atoms with E-state index < -0.39 is 0 Å². The van der Waals surface area contributed by atoms with Crippen LogP contribution in [0.3, 0.4) is 0 Å². The van der Waals surface area contributed by atoms with E-state index in [0.29, 0.717) is 29.1 Å². The molecule has 1 heterocycles. The molecular formula is C32H49NO3. The molecule has 3 saturated carbocycles. The minimum absolute atomic E-state index is 0.0389. The Balaban J connectivity index is 1.46. The van der Waals surface area contributed by atoms with E-state index in [1.165, 1.54) is 56.1 Å². The van der Waals surface area contributed by atoms with Crippen LogP contribution in [-0.4, -0.2) is 28.1 Å². The molecule has 4 heteroatoms. The highest BCUT2D eigenvalue weighted by Crippen LogP contribution is 2.75. The molecule has 5 aliphatic carbocycles. The molecule has 2 N–H and O–H groups in total. The summed E-state index contributed by atoms with van der Waals surface area (Å²) < 4.78 is 5.74. The zero-order valence-electron chi connectivity index (χ0n) is 23.6. The molecule has 36 heavy (non-hydrogen) atoms. The van der Waals surface area contributed by atoms with Gasteiger partial charge in [-0.05, 0) is 109 Å². The monoisotopic (exact) mass is 495 g/mol. The number of allylic oxidation sites excluding steroid dienone is 1. The Bertz CT molecular complexity index is 1060. The van der Waals surface area contributed by atoms with E-state index in [1.54, 1.807) is 0 Å². The summed E-state index contributed by atoms with van der Waals surface area (Å²) in [6, 6.07) is 0. The van der Waals surface area contributed by atoms with Gasteiger partial charge in [0, 0.05) is 18.1 Å². The third kappa shape index (κ3) is 3.15. The van der Waals surface area contributed by atoms with Gasteiger partial charge in [0.2, 0.25) is 0 Å². The molecule has 0 amide bonds. The first-order chi connectivity index (χ1) is 16.9. The van der Waals surface area contributed by atoms with Crippen molar-refractivity contribution < 1.29 is 14.7 Å². The van der Waals surface area contributed by atoms with Crippen LogP contribution >= 0.6 is 0 Å². The normalized spacial score (nSPS) is 49.1. The van der Waals surface area contributed by atoms with Gasteiger partial charge in [-0.3, -0.25) is 0 Å². The number of rotatable bonds is 3. The van der Waals surface area contributed by atoms with Gasteiger partial charge in [0.1, 0.15) is 5.76 Å². The molecule has 200 valence electrons. The molecule has 4 nitrogen and oxygen atoms in total. The van der Waals surface area contributed by atoms with Gasteiger partial charge < -0.3 is 14.7 Å². The van der Waals surface area contributed by atoms with Crippen LogP contribution in [0.5, 0.6) is 0 Å². The fraction of sp³-hybridized carbons (Fsp3) is 0.844. The molecule has 0 bridgehead atoms. The second-order valence-electron chi connectivity index (χ2n) is 15.3. The van der Waals surface area contributed by atoms with Crippen LogP contribution < -0.4 is 0 Å². The van der Waals surface area contributed by atoms with E-state index in [1.807, 2.05) is 6.20 Å². The molecule has 5 aliphatic rings. The summed E-state index contributed by atoms with van der Waals surface area (Å²) in [6.07, 6.45) is 15.5. The Labute approximate surface area is 218 Å². The predicted octanol–water partition coefficient (Wildman–Crippen LogP) is 7.06. The van der Waals surface area contributed by atoms with Crippen molar-refractivity contribution >= 4 is 0 Å². The summed E-state index contributed by atoms with van der Waals surface area (Å²) in [7, 11) is 0. The smallest absolute Gasteiger partial charge is 0.143 e. The van der Waals surface area contributed by atoms with Crippen LogP contribution in [-0.2, 0) is 6.42 Å². The van der Waals surface area contributed by atoms with Crippen molar-refractivity contribution in [2.45, 2.75) is 118 Å². The first-order valence-corrected chi connectivity index (χ1v) is 14.9. The lowest BCUT2D eigenvalue weighted by Crippen LogP contribution is -2.65. The van der Waals surface area contributed by atoms with Gasteiger partial charge in [0.05, 0.1) is 12.3 Å². The van der Waals surface area contributed by atoms with Crippen LogP contribution in [0.25, 0.3) is 0 Å². The van der Waals surface area contributed by atoms with Crippen molar-refractivity contribution in [1.82, 2.24) is 5.16 Å². The van der Waals surface area contributed by atoms with Crippen LogP contribution in [0, 0.1) is 44.8 Å². The quantitative estimate of drug-likeness (QED) is 0.441. The molecule has 1 aromatic rings. The van der Waals surface area contributed by atoms with E-state index in [0.717, 1.165) is 25.0 Å². The lowest BCUT2D eigenvalue weighted by Gasteiger charge is -2.70. The fourth-order valence-electron chi connectivity index (χ4n) is 11.1. The molecule has 9 atom stereocenters. The van der Waals surface area contributed by atoms with Gasteiger partial charge in [-0.15, -0.1) is 0 Å². The van der Waals surface area contributed by atoms with E-state index >= 15 is 0 Å². The Morgan fingerprint density at radius 1 is 1.03 bits per heavy atom. The predicted molar refractivity (Wildman–Crippen MR) is 142 cm³/mol. The van der Waals surface area contributed by atoms with Crippen molar-refractivity contribution in [2.75, 3.05) is 6.61 Å². The van der Waals surface area contributed by atoms with Crippen LogP contribution in [0.4, 0.5) is 0 Å². The Morgan fingerprint density at radius 3 is 2.53 bits per heavy atom. The van der Waals surface area contributed by atoms with Gasteiger partial charge in [-0.25, -0.2) is 0 Å². The van der Waals surface area contributed by atoms with Crippen LogP contribution in [0.1, 0.15) is 117 Å². The van der Waals surface area contributed by atoms with Crippen molar-refractivity contribution in [3.05, 3.63) is 29.2 Å². The molecule has 1 unspecified atom stereocenters. The number of aliphatic hydroxyl groups excluding tert-OH is 2. The number of fused-ring (bicyclic) bond motifs is 8. The maximum absolute atomic E-state index is 12.1. The lowest BCUT2D eigenvalue weighted by atomic mass is 9.34. The molecule has 0 radical (unpaired) electrons. The molecular weight excluding hydrogens is 446 g/mol. The summed E-state index contributed by atoms with van der Waals surface area (Å²) in [5.41, 5.74) is 3.64. The zero-order chi connectivity index (χ0) is 25.7. The van der Waals surface area contributed by atoms with Gasteiger partial charge in [0.25, 0.3) is 0 Å². The topological polar surface area (TPSA) is 66.5 Å². The standard InChI is InChI=1S/C32H49NO3/c1-20-22-8-10-30(5)25(29(22,4)17-21-19-33-36-27(20)21)16-24(35)26-23-18-28(2,3)11-13-32(23,9-7-15-34)14-12-31(26,30)6/h16,19-20,22-24,26,34-35H,7-15,17-18H2,1-6H3/t20-,22-,23-,24?,26-,29-,30+,31+,32+/m0/s1. The number of hydrogen-bond acceptors (Lipinski definition) is 4. The Morgan fingerprint density at radius 2 is 1.78 bits per heavy atom. The van der Waals surface area contributed by atoms with Gasteiger partial charge >= 0.3 is 0 Å². The third-order valence-electron chi connectivity index (χ3n) is 13.2. The Kier molecular flexibility index (Phi) is 5.55. The van der Waals surface area contributed by atoms with E-state index in [2.05, 4.69) is 52.8 Å². The summed E-state index contributed by atoms with van der Waals surface area (Å²) in [5, 5.41) is 26.1. The van der Waals surface area contributed by atoms with Gasteiger partial charge in [0.15, 0.2) is 0 Å². The fourth-order valence-corrected chi connectivity index (χ4v) is 11.1. The van der Waals surface area contributed by atoms with Crippen molar-refractivity contribution in [1.29, 1.82) is 0 Å². The van der Waals surface area contributed by atoms with E-state index in [-0.39, 0.29) is 34.4 Å². The van der Waals surface area contributed by atoms with Crippen molar-refractivity contribution in [2.24, 2.45) is 44.8 Å². The maximum Gasteiger partial charge on any atom is 0.143 e. The first-order valence-electron chi connectivity index (χ1n) is 14.9. The van der Waals surface area contributed by atoms with Crippen LogP contribution in [0.15, 0.2) is 22.4 Å². The molecule has 0 aromatic carbocycles. The summed E-state index contributed by atoms with van der Waals surface area (Å²) >= 11 is 0. The average molecular weight is 496 g/mol. The third-order valence-corrected chi connectivity index (χ3v) is 13.2. The molecule has 6 rings (SSSR count). The molecule has 0 saturated heterocycles. The van der Waals surface area contributed by atoms with Crippen molar-refractivity contribution in [3.8, 4) is 0 Å². The van der Waals surface area contributed by atoms with E-state index in [4.69, 9.17) is 4.52 Å². The lowest BCUT2D eigenvalue weighted by molar-refractivity contribution is -0.188. The van der Waals surface area contributed by atoms with Gasteiger partial charge in [-0.2, -0.15) is 0 Å². The number of nitrogens with zero attached hydrogens (tertiary/aromatic N) is 1. The summed E-state index contributed by atoms with van der Waals surface area (Å²) in [6.45, 7) is 15.1. The first kappa shape index (κ1) is 25.2. The van der Waals surface area contributed by atoms with Crippen LogP contribution in [0.2, 0.25) is 0 Å². The maximum atomic E-state index is 12.1. The number of aromatic nitrogens is 1. The summed E-state index contributed by atoms with van der Waals surface area (Å²) in [4.78, 5) is 0. The highest BCUT2D eigenvalue weighted by atomic mass is 16.5. The highest BCUT2D eigenvalue weighted by molar-refractivity contribution is 5.41. The molecule has 0 spiro atoms.